The number of alkyl halides is 3. The number of amides is 2. The first-order valence-electron chi connectivity index (χ1n) is 11.0. The second-order valence-corrected chi connectivity index (χ2v) is 9.46. The second kappa shape index (κ2) is 7.51. The van der Waals surface area contributed by atoms with Crippen molar-refractivity contribution in [2.45, 2.75) is 56.9 Å². The molecule has 0 radical (unpaired) electrons. The fourth-order valence-corrected chi connectivity index (χ4v) is 4.46. The average molecular weight is 472 g/mol. The summed E-state index contributed by atoms with van der Waals surface area (Å²) in [5, 5.41) is 5.52. The Hall–Kier alpha value is -3.49. The van der Waals surface area contributed by atoms with Crippen LogP contribution in [0.3, 0.4) is 0 Å². The van der Waals surface area contributed by atoms with E-state index in [1.807, 2.05) is 0 Å². The Kier molecular flexibility index (Phi) is 4.93. The van der Waals surface area contributed by atoms with Crippen LogP contribution in [0.25, 0.3) is 5.57 Å². The highest BCUT2D eigenvalue weighted by Crippen LogP contribution is 2.50. The Balaban J connectivity index is 1.41. The van der Waals surface area contributed by atoms with Crippen molar-refractivity contribution in [1.82, 2.24) is 0 Å². The predicted molar refractivity (Wildman–Crippen MR) is 120 cm³/mol. The summed E-state index contributed by atoms with van der Waals surface area (Å²) in [6.45, 7) is 3.32. The van der Waals surface area contributed by atoms with Crippen LogP contribution >= 0.6 is 0 Å². The highest BCUT2D eigenvalue weighted by molar-refractivity contribution is 6.06. The number of halogens is 3. The number of anilines is 2. The van der Waals surface area contributed by atoms with E-state index in [4.69, 9.17) is 9.47 Å². The maximum absolute atomic E-state index is 13.2. The summed E-state index contributed by atoms with van der Waals surface area (Å²) < 4.78 is 51.3. The maximum Gasteiger partial charge on any atom is 0.416 e. The number of hydrogen-bond donors (Lipinski definition) is 2. The molecule has 3 aliphatic rings. The van der Waals surface area contributed by atoms with Gasteiger partial charge in [-0.3, -0.25) is 9.59 Å². The zero-order chi connectivity index (χ0) is 24.3. The predicted octanol–water partition coefficient (Wildman–Crippen LogP) is 5.54. The highest BCUT2D eigenvalue weighted by Gasteiger charge is 2.44. The second-order valence-electron chi connectivity index (χ2n) is 9.46. The number of ether oxygens (including phenoxy) is 2. The lowest BCUT2D eigenvalue weighted by Crippen LogP contribution is -2.45. The molecule has 0 saturated heterocycles. The molecule has 2 aromatic rings. The smallest absolute Gasteiger partial charge is 0.416 e. The van der Waals surface area contributed by atoms with Crippen LogP contribution in [0.1, 0.15) is 50.7 Å². The van der Waals surface area contributed by atoms with Gasteiger partial charge in [0.15, 0.2) is 5.60 Å². The highest BCUT2D eigenvalue weighted by atomic mass is 19.4. The third kappa shape index (κ3) is 3.99. The molecule has 2 amide bonds. The van der Waals surface area contributed by atoms with Crippen LogP contribution in [-0.2, 0) is 15.8 Å². The van der Waals surface area contributed by atoms with Crippen LogP contribution in [0.2, 0.25) is 0 Å². The van der Waals surface area contributed by atoms with Gasteiger partial charge in [-0.2, -0.15) is 13.2 Å². The van der Waals surface area contributed by atoms with Crippen LogP contribution in [0.5, 0.6) is 11.5 Å². The van der Waals surface area contributed by atoms with Crippen LogP contribution in [-0.4, -0.2) is 23.0 Å². The molecule has 2 aromatic carbocycles. The Bertz CT molecular complexity index is 1230. The Morgan fingerprint density at radius 2 is 1.85 bits per heavy atom. The molecule has 1 spiro atoms. The first-order chi connectivity index (χ1) is 15.9. The quantitative estimate of drug-likeness (QED) is 0.563. The first kappa shape index (κ1) is 22.3. The third-order valence-electron chi connectivity index (χ3n) is 6.47. The topological polar surface area (TPSA) is 76.7 Å². The Morgan fingerprint density at radius 1 is 1.09 bits per heavy atom. The molecule has 0 bridgehead atoms. The molecule has 0 atom stereocenters. The van der Waals surface area contributed by atoms with Gasteiger partial charge < -0.3 is 20.1 Å². The number of hydrogen-bond acceptors (Lipinski definition) is 4. The third-order valence-corrected chi connectivity index (χ3v) is 6.47. The molecule has 2 N–H and O–H groups in total. The lowest BCUT2D eigenvalue weighted by atomic mass is 9.72. The normalized spacial score (nSPS) is 20.9. The maximum atomic E-state index is 13.2. The summed E-state index contributed by atoms with van der Waals surface area (Å²) in [5.74, 6) is -0.0863. The molecule has 6 nitrogen and oxygen atoms in total. The van der Waals surface area contributed by atoms with Crippen molar-refractivity contribution >= 4 is 28.8 Å². The zero-order valence-electron chi connectivity index (χ0n) is 18.6. The van der Waals surface area contributed by atoms with Gasteiger partial charge in [0.2, 0.25) is 5.91 Å². The van der Waals surface area contributed by atoms with Gasteiger partial charge in [0, 0.05) is 23.7 Å². The van der Waals surface area contributed by atoms with Gasteiger partial charge >= 0.3 is 6.18 Å². The molecule has 1 aliphatic carbocycles. The molecule has 0 aromatic heterocycles. The van der Waals surface area contributed by atoms with Crippen molar-refractivity contribution in [2.24, 2.45) is 0 Å². The summed E-state index contributed by atoms with van der Waals surface area (Å²) in [7, 11) is 0. The van der Waals surface area contributed by atoms with Crippen molar-refractivity contribution in [2.75, 3.05) is 10.6 Å². The average Bonchev–Trinajstić information content (AvgIpc) is 2.72. The number of carbonyl (C=O) groups is 2. The van der Waals surface area contributed by atoms with E-state index < -0.39 is 28.8 Å². The molecule has 1 fully saturated rings. The van der Waals surface area contributed by atoms with E-state index >= 15 is 0 Å². The van der Waals surface area contributed by atoms with Gasteiger partial charge in [0.05, 0.1) is 11.3 Å². The van der Waals surface area contributed by atoms with E-state index in [9.17, 15) is 22.8 Å². The number of fused-ring (bicyclic) bond motifs is 2. The molecule has 2 aliphatic heterocycles. The van der Waals surface area contributed by atoms with Gasteiger partial charge in [0.1, 0.15) is 17.1 Å². The van der Waals surface area contributed by atoms with Crippen molar-refractivity contribution < 1.29 is 32.2 Å². The lowest BCUT2D eigenvalue weighted by Gasteiger charge is -2.46. The minimum atomic E-state index is -4.48. The first-order valence-corrected chi connectivity index (χ1v) is 11.0. The van der Waals surface area contributed by atoms with Crippen LogP contribution < -0.4 is 20.1 Å². The van der Waals surface area contributed by atoms with Gasteiger partial charge in [-0.05, 0) is 69.0 Å². The molecule has 178 valence electrons. The molecule has 1 saturated carbocycles. The van der Waals surface area contributed by atoms with Crippen LogP contribution in [0.15, 0.2) is 42.5 Å². The summed E-state index contributed by atoms with van der Waals surface area (Å²) in [4.78, 5) is 25.0. The summed E-state index contributed by atoms with van der Waals surface area (Å²) >= 11 is 0. The SMILES string of the molecule is CC1(C)Oc2ccc(NC(=O)/C=C3\CC4(CCC4)Oc4cc(C(F)(F)F)ccc43)cc2NC1=O. The van der Waals surface area contributed by atoms with Crippen molar-refractivity contribution in [3.63, 3.8) is 0 Å². The van der Waals surface area contributed by atoms with Crippen molar-refractivity contribution in [3.05, 3.63) is 53.6 Å². The van der Waals surface area contributed by atoms with E-state index in [2.05, 4.69) is 10.6 Å². The molecule has 34 heavy (non-hydrogen) atoms. The molecule has 9 heteroatoms. The number of benzene rings is 2. The van der Waals surface area contributed by atoms with Gasteiger partial charge in [-0.1, -0.05) is 6.07 Å². The summed E-state index contributed by atoms with van der Waals surface area (Å²) in [6, 6.07) is 8.28. The van der Waals surface area contributed by atoms with Crippen molar-refractivity contribution in [1.29, 1.82) is 0 Å². The van der Waals surface area contributed by atoms with E-state index in [0.29, 0.717) is 34.7 Å². The Labute approximate surface area is 194 Å². The Morgan fingerprint density at radius 3 is 2.53 bits per heavy atom. The van der Waals surface area contributed by atoms with E-state index in [1.165, 1.54) is 12.1 Å². The van der Waals surface area contributed by atoms with Gasteiger partial charge in [-0.25, -0.2) is 0 Å². The fraction of sp³-hybridized carbons (Fsp3) is 0.360. The largest absolute Gasteiger partial charge is 0.486 e. The summed E-state index contributed by atoms with van der Waals surface area (Å²) in [5.41, 5.74) is -0.349. The molecule has 0 unspecified atom stereocenters. The monoisotopic (exact) mass is 472 g/mol. The molecule has 5 rings (SSSR count). The minimum Gasteiger partial charge on any atom is -0.486 e. The van der Waals surface area contributed by atoms with Gasteiger partial charge in [-0.15, -0.1) is 0 Å². The lowest BCUT2D eigenvalue weighted by molar-refractivity contribution is -0.138. The van der Waals surface area contributed by atoms with Crippen LogP contribution in [0.4, 0.5) is 24.5 Å². The van der Waals surface area contributed by atoms with E-state index in [0.717, 1.165) is 31.4 Å². The number of nitrogens with one attached hydrogen (secondary N) is 2. The van der Waals surface area contributed by atoms with Crippen molar-refractivity contribution in [3.8, 4) is 11.5 Å². The summed E-state index contributed by atoms with van der Waals surface area (Å²) in [6.07, 6.45) is -0.253. The van der Waals surface area contributed by atoms with E-state index in [-0.39, 0.29) is 11.7 Å². The van der Waals surface area contributed by atoms with Crippen LogP contribution in [0, 0.1) is 0 Å². The molecule has 2 heterocycles. The zero-order valence-corrected chi connectivity index (χ0v) is 18.6. The standard InChI is InChI=1S/C25H23F3N2O4/c1-23(2)22(32)30-18-12-16(5-7-19(18)33-23)29-21(31)10-14-13-24(8-3-9-24)34-20-11-15(25(26,27)28)4-6-17(14)20/h4-7,10-12H,3,8-9,13H2,1-2H3,(H,29,31)(H,30,32)/b14-10+. The molecular formula is C25H23F3N2O4. The fourth-order valence-electron chi connectivity index (χ4n) is 4.46. The number of rotatable bonds is 2. The van der Waals surface area contributed by atoms with E-state index in [1.54, 1.807) is 32.0 Å². The molecular weight excluding hydrogens is 449 g/mol. The minimum absolute atomic E-state index is 0.149. The number of carbonyl (C=O) groups excluding carboxylic acids is 2. The van der Waals surface area contributed by atoms with Gasteiger partial charge in [0.25, 0.3) is 5.91 Å².